The van der Waals surface area contributed by atoms with Gasteiger partial charge in [-0.3, -0.25) is 13.9 Å². The third kappa shape index (κ3) is 2.81. The third-order valence-corrected chi connectivity index (χ3v) is 5.22. The van der Waals surface area contributed by atoms with E-state index in [1.165, 1.54) is 9.13 Å². The van der Waals surface area contributed by atoms with Crippen molar-refractivity contribution in [3.05, 3.63) is 27.2 Å². The lowest BCUT2D eigenvalue weighted by Gasteiger charge is -2.35. The highest BCUT2D eigenvalue weighted by molar-refractivity contribution is 5.69. The van der Waals surface area contributed by atoms with Crippen LogP contribution in [0.25, 0.3) is 11.2 Å². The van der Waals surface area contributed by atoms with Gasteiger partial charge in [-0.15, -0.1) is 0 Å². The highest BCUT2D eigenvalue weighted by Crippen LogP contribution is 2.32. The minimum atomic E-state index is -0.980. The second kappa shape index (κ2) is 6.20. The first-order valence-corrected chi connectivity index (χ1v) is 8.73. The molecule has 0 aromatic carbocycles. The molecule has 1 aliphatic rings. The zero-order valence-electron chi connectivity index (χ0n) is 14.7. The van der Waals surface area contributed by atoms with Crippen LogP contribution in [0.5, 0.6) is 0 Å². The predicted octanol–water partition coefficient (Wildman–Crippen LogP) is 1.25. The predicted molar refractivity (Wildman–Crippen MR) is 92.1 cm³/mol. The molecule has 24 heavy (non-hydrogen) atoms. The molecule has 3 rings (SSSR count). The van der Waals surface area contributed by atoms with Crippen molar-refractivity contribution in [1.82, 2.24) is 18.7 Å². The van der Waals surface area contributed by atoms with E-state index >= 15 is 0 Å². The maximum absolute atomic E-state index is 12.9. The monoisotopic (exact) mass is 334 g/mol. The summed E-state index contributed by atoms with van der Waals surface area (Å²) in [6.07, 6.45) is 5.56. The molecule has 2 aromatic rings. The minimum Gasteiger partial charge on any atom is -0.388 e. The van der Waals surface area contributed by atoms with Crippen LogP contribution in [-0.2, 0) is 20.1 Å². The highest BCUT2D eigenvalue weighted by Gasteiger charge is 2.33. The number of rotatable bonds is 4. The van der Waals surface area contributed by atoms with Crippen molar-refractivity contribution in [1.29, 1.82) is 0 Å². The SMILES string of the molecule is CCCn1cnc2c1c(=O)n(CC1(O)CCC(C)CC1)c(=O)n2C. The molecule has 0 amide bonds. The lowest BCUT2D eigenvalue weighted by Crippen LogP contribution is -2.47. The Kier molecular flexibility index (Phi) is 4.38. The molecule has 0 saturated heterocycles. The average molecular weight is 334 g/mol. The van der Waals surface area contributed by atoms with Gasteiger partial charge in [0.15, 0.2) is 11.2 Å². The first kappa shape index (κ1) is 17.0. The number of imidazole rings is 1. The molecule has 0 radical (unpaired) electrons. The van der Waals surface area contributed by atoms with Gasteiger partial charge in [-0.1, -0.05) is 13.8 Å². The van der Waals surface area contributed by atoms with Gasteiger partial charge < -0.3 is 9.67 Å². The molecule has 2 aromatic heterocycles. The summed E-state index contributed by atoms with van der Waals surface area (Å²) < 4.78 is 4.38. The van der Waals surface area contributed by atoms with Crippen LogP contribution in [0.2, 0.25) is 0 Å². The van der Waals surface area contributed by atoms with E-state index in [1.54, 1.807) is 17.9 Å². The Balaban J connectivity index is 2.09. The topological polar surface area (TPSA) is 82.1 Å². The molecule has 1 fully saturated rings. The highest BCUT2D eigenvalue weighted by atomic mass is 16.3. The molecule has 1 saturated carbocycles. The van der Waals surface area contributed by atoms with Gasteiger partial charge in [0, 0.05) is 13.6 Å². The Labute approximate surface area is 140 Å². The maximum atomic E-state index is 12.9. The Morgan fingerprint density at radius 3 is 2.62 bits per heavy atom. The van der Waals surface area contributed by atoms with Crippen LogP contribution in [0, 0.1) is 5.92 Å². The largest absolute Gasteiger partial charge is 0.388 e. The van der Waals surface area contributed by atoms with E-state index < -0.39 is 11.3 Å². The van der Waals surface area contributed by atoms with Crippen LogP contribution in [0.1, 0.15) is 46.0 Å². The number of hydrogen-bond acceptors (Lipinski definition) is 4. The molecule has 2 heterocycles. The van der Waals surface area contributed by atoms with Gasteiger partial charge >= 0.3 is 5.69 Å². The van der Waals surface area contributed by atoms with Crippen molar-refractivity contribution in [3.63, 3.8) is 0 Å². The van der Waals surface area contributed by atoms with E-state index in [0.717, 1.165) is 19.3 Å². The maximum Gasteiger partial charge on any atom is 0.332 e. The van der Waals surface area contributed by atoms with Crippen molar-refractivity contribution >= 4 is 11.2 Å². The molecule has 7 nitrogen and oxygen atoms in total. The number of aliphatic hydroxyl groups is 1. The number of fused-ring (bicyclic) bond motifs is 1. The lowest BCUT2D eigenvalue weighted by molar-refractivity contribution is -0.0235. The zero-order valence-corrected chi connectivity index (χ0v) is 14.7. The number of hydrogen-bond donors (Lipinski definition) is 1. The van der Waals surface area contributed by atoms with E-state index in [0.29, 0.717) is 36.5 Å². The van der Waals surface area contributed by atoms with Crippen LogP contribution >= 0.6 is 0 Å². The first-order chi connectivity index (χ1) is 11.4. The van der Waals surface area contributed by atoms with Gasteiger partial charge in [0.1, 0.15) is 0 Å². The molecule has 0 spiro atoms. The standard InChI is InChI=1S/C17H26N4O3/c1-4-9-20-11-18-14-13(20)15(22)21(16(23)19(14)3)10-17(24)7-5-12(2)6-8-17/h11-12,24H,4-10H2,1-3H3. The van der Waals surface area contributed by atoms with Gasteiger partial charge in [-0.2, -0.15) is 0 Å². The lowest BCUT2D eigenvalue weighted by atomic mass is 9.79. The second-order valence-electron chi connectivity index (χ2n) is 7.25. The van der Waals surface area contributed by atoms with Crippen molar-refractivity contribution in [2.24, 2.45) is 13.0 Å². The third-order valence-electron chi connectivity index (χ3n) is 5.22. The van der Waals surface area contributed by atoms with E-state index in [-0.39, 0.29) is 12.1 Å². The molecule has 0 aliphatic heterocycles. The quantitative estimate of drug-likeness (QED) is 0.912. The van der Waals surface area contributed by atoms with Crippen LogP contribution < -0.4 is 11.2 Å². The number of aromatic nitrogens is 4. The van der Waals surface area contributed by atoms with E-state index in [2.05, 4.69) is 11.9 Å². The smallest absolute Gasteiger partial charge is 0.332 e. The van der Waals surface area contributed by atoms with Gasteiger partial charge in [0.2, 0.25) is 0 Å². The van der Waals surface area contributed by atoms with Crippen LogP contribution in [0.3, 0.4) is 0 Å². The van der Waals surface area contributed by atoms with Gasteiger partial charge in [-0.05, 0) is 38.0 Å². The van der Waals surface area contributed by atoms with Gasteiger partial charge in [-0.25, -0.2) is 9.78 Å². The Morgan fingerprint density at radius 2 is 2.00 bits per heavy atom. The fourth-order valence-electron chi connectivity index (χ4n) is 3.62. The van der Waals surface area contributed by atoms with E-state index in [1.807, 2.05) is 6.92 Å². The summed E-state index contributed by atoms with van der Waals surface area (Å²) in [5.74, 6) is 0.582. The summed E-state index contributed by atoms with van der Waals surface area (Å²) in [6.45, 7) is 4.92. The Morgan fingerprint density at radius 1 is 1.33 bits per heavy atom. The first-order valence-electron chi connectivity index (χ1n) is 8.73. The van der Waals surface area contributed by atoms with Crippen LogP contribution in [-0.4, -0.2) is 29.4 Å². The number of nitrogens with zero attached hydrogens (tertiary/aromatic N) is 4. The summed E-state index contributed by atoms with van der Waals surface area (Å²) >= 11 is 0. The average Bonchev–Trinajstić information content (AvgIpc) is 2.97. The summed E-state index contributed by atoms with van der Waals surface area (Å²) in [7, 11) is 1.62. The molecule has 0 bridgehead atoms. The van der Waals surface area contributed by atoms with E-state index in [9.17, 15) is 14.7 Å². The fourth-order valence-corrected chi connectivity index (χ4v) is 3.62. The molecule has 1 N–H and O–H groups in total. The molecular formula is C17H26N4O3. The summed E-state index contributed by atoms with van der Waals surface area (Å²) in [4.78, 5) is 29.8. The fraction of sp³-hybridized carbons (Fsp3) is 0.706. The van der Waals surface area contributed by atoms with Gasteiger partial charge in [0.05, 0.1) is 18.5 Å². The zero-order chi connectivity index (χ0) is 17.5. The van der Waals surface area contributed by atoms with Crippen molar-refractivity contribution in [3.8, 4) is 0 Å². The molecule has 0 atom stereocenters. The normalized spacial score (nSPS) is 24.6. The van der Waals surface area contributed by atoms with Crippen LogP contribution in [0.4, 0.5) is 0 Å². The van der Waals surface area contributed by atoms with Crippen molar-refractivity contribution in [2.45, 2.75) is 64.6 Å². The minimum absolute atomic E-state index is 0.0540. The van der Waals surface area contributed by atoms with Crippen LogP contribution in [0.15, 0.2) is 15.9 Å². The van der Waals surface area contributed by atoms with Gasteiger partial charge in [0.25, 0.3) is 5.56 Å². The van der Waals surface area contributed by atoms with E-state index in [4.69, 9.17) is 0 Å². The van der Waals surface area contributed by atoms with Crippen molar-refractivity contribution < 1.29 is 5.11 Å². The summed E-state index contributed by atoms with van der Waals surface area (Å²) in [6, 6.07) is 0. The molecule has 0 unspecified atom stereocenters. The molecule has 1 aliphatic carbocycles. The molecule has 7 heteroatoms. The Hall–Kier alpha value is -1.89. The molecule has 132 valence electrons. The summed E-state index contributed by atoms with van der Waals surface area (Å²) in [5.41, 5.74) is -0.913. The van der Waals surface area contributed by atoms with Crippen molar-refractivity contribution in [2.75, 3.05) is 0 Å². The summed E-state index contributed by atoms with van der Waals surface area (Å²) in [5, 5.41) is 10.8. The second-order valence-corrected chi connectivity index (χ2v) is 7.25. The Bertz CT molecular complexity index is 853. The number of aryl methyl sites for hydroxylation is 2. The molecular weight excluding hydrogens is 308 g/mol.